The summed E-state index contributed by atoms with van der Waals surface area (Å²) >= 11 is 12.7. The highest BCUT2D eigenvalue weighted by Gasteiger charge is 2.71. The minimum absolute atomic E-state index is 0.0799. The van der Waals surface area contributed by atoms with Gasteiger partial charge in [0.2, 0.25) is 11.8 Å². The molecule has 2 saturated heterocycles. The number of methoxy groups -OCH3 is 1. The average Bonchev–Trinajstić information content (AvgIpc) is 3.55. The lowest BCUT2D eigenvalue weighted by atomic mass is 9.62. The van der Waals surface area contributed by atoms with Crippen LogP contribution < -0.4 is 19.7 Å². The normalized spacial score (nSPS) is 24.5. The molecule has 0 radical (unpaired) electrons. The Hall–Kier alpha value is -3.37. The maximum atomic E-state index is 16.1. The van der Waals surface area contributed by atoms with Crippen LogP contribution in [0.1, 0.15) is 44.2 Å². The largest absolute Gasteiger partial charge is 0.493 e. The number of carbonyl (C=O) groups is 2. The summed E-state index contributed by atoms with van der Waals surface area (Å²) in [7, 11) is 1.50. The van der Waals surface area contributed by atoms with Gasteiger partial charge in [0.25, 0.3) is 0 Å². The van der Waals surface area contributed by atoms with Crippen LogP contribution in [0.15, 0.2) is 54.6 Å². The third-order valence-electron chi connectivity index (χ3n) is 8.89. The summed E-state index contributed by atoms with van der Waals surface area (Å²) in [6, 6.07) is 13.8. The van der Waals surface area contributed by atoms with Crippen molar-refractivity contribution in [2.75, 3.05) is 37.2 Å². The first-order chi connectivity index (χ1) is 20.9. The molecule has 6 rings (SSSR count). The summed E-state index contributed by atoms with van der Waals surface area (Å²) in [5.74, 6) is -1.29. The predicted molar refractivity (Wildman–Crippen MR) is 167 cm³/mol. The highest BCUT2D eigenvalue weighted by molar-refractivity contribution is 6.31. The first-order valence-corrected chi connectivity index (χ1v) is 15.2. The Bertz CT molecular complexity index is 1650. The van der Waals surface area contributed by atoms with Crippen molar-refractivity contribution in [2.45, 2.75) is 50.6 Å². The monoisotopic (exact) mass is 641 g/mol. The lowest BCUT2D eigenvalue weighted by Gasteiger charge is -2.40. The zero-order valence-electron chi connectivity index (χ0n) is 24.9. The van der Waals surface area contributed by atoms with E-state index in [1.54, 1.807) is 47.4 Å². The molecule has 3 aromatic carbocycles. The molecule has 3 aliphatic heterocycles. The molecule has 232 valence electrons. The topological polar surface area (TPSA) is 91.3 Å². The Labute approximate surface area is 265 Å². The number of hydrogen-bond acceptors (Lipinski definition) is 6. The second kappa shape index (κ2) is 11.2. The zero-order chi connectivity index (χ0) is 31.6. The predicted octanol–water partition coefficient (Wildman–Crippen LogP) is 5.98. The molecule has 2 N–H and O–H groups in total. The van der Waals surface area contributed by atoms with E-state index in [9.17, 15) is 14.7 Å². The number of anilines is 2. The van der Waals surface area contributed by atoms with Crippen molar-refractivity contribution in [3.05, 3.63) is 81.6 Å². The molecule has 0 saturated carbocycles. The van der Waals surface area contributed by atoms with E-state index in [0.29, 0.717) is 39.9 Å². The highest BCUT2D eigenvalue weighted by Crippen LogP contribution is 2.62. The fourth-order valence-electron chi connectivity index (χ4n) is 7.28. The van der Waals surface area contributed by atoms with E-state index < -0.39 is 29.2 Å². The van der Waals surface area contributed by atoms with Gasteiger partial charge < -0.3 is 19.9 Å². The minimum Gasteiger partial charge on any atom is -0.493 e. The number of ether oxygens (including phenoxy) is 2. The second-order valence-electron chi connectivity index (χ2n) is 12.7. The van der Waals surface area contributed by atoms with E-state index in [2.05, 4.69) is 26.1 Å². The maximum absolute atomic E-state index is 16.1. The Morgan fingerprint density at radius 3 is 2.57 bits per heavy atom. The SMILES string of the molecule is COc1cc(N2CN3[C@@H](CC(C)(C)C)[C@@]4(C(=O)Nc5cc(Cl)ccc54)[C@@H](c4cccc(Cl)c4F)[C@@H]3C2=O)ccc1OCCO. The zero-order valence-corrected chi connectivity index (χ0v) is 26.4. The van der Waals surface area contributed by atoms with Gasteiger partial charge in [-0.25, -0.2) is 4.39 Å². The summed E-state index contributed by atoms with van der Waals surface area (Å²) in [5.41, 5.74) is 0.459. The number of halogens is 3. The third kappa shape index (κ3) is 4.72. The van der Waals surface area contributed by atoms with Crippen LogP contribution in [-0.4, -0.2) is 60.9 Å². The van der Waals surface area contributed by atoms with Crippen LogP contribution in [0, 0.1) is 11.2 Å². The van der Waals surface area contributed by atoms with Crippen LogP contribution in [0.3, 0.4) is 0 Å². The number of rotatable bonds is 7. The molecule has 44 heavy (non-hydrogen) atoms. The van der Waals surface area contributed by atoms with Crippen molar-refractivity contribution < 1.29 is 28.6 Å². The molecule has 3 aliphatic rings. The van der Waals surface area contributed by atoms with Crippen LogP contribution >= 0.6 is 23.2 Å². The number of carbonyl (C=O) groups excluding carboxylic acids is 2. The minimum atomic E-state index is -1.30. The Kier molecular flexibility index (Phi) is 7.81. The average molecular weight is 643 g/mol. The first kappa shape index (κ1) is 30.6. The van der Waals surface area contributed by atoms with Crippen molar-refractivity contribution in [3.8, 4) is 11.5 Å². The van der Waals surface area contributed by atoms with Gasteiger partial charge in [0.05, 0.1) is 31.4 Å². The third-order valence-corrected chi connectivity index (χ3v) is 9.42. The van der Waals surface area contributed by atoms with Gasteiger partial charge in [-0.2, -0.15) is 0 Å². The Morgan fingerprint density at radius 1 is 1.09 bits per heavy atom. The van der Waals surface area contributed by atoms with Crippen LogP contribution in [0.4, 0.5) is 15.8 Å². The smallest absolute Gasteiger partial charge is 0.246 e. The first-order valence-electron chi connectivity index (χ1n) is 14.5. The summed E-state index contributed by atoms with van der Waals surface area (Å²) in [6.45, 7) is 6.36. The molecule has 8 nitrogen and oxygen atoms in total. The van der Waals surface area contributed by atoms with E-state index in [1.807, 2.05) is 11.0 Å². The van der Waals surface area contributed by atoms with E-state index in [-0.39, 0.29) is 47.7 Å². The Balaban J connectivity index is 1.55. The van der Waals surface area contributed by atoms with Crippen LogP contribution in [0.5, 0.6) is 11.5 Å². The molecular weight excluding hydrogens is 608 g/mol. The molecule has 0 bridgehead atoms. The van der Waals surface area contributed by atoms with Crippen molar-refractivity contribution in [2.24, 2.45) is 5.41 Å². The van der Waals surface area contributed by atoms with E-state index in [0.717, 1.165) is 0 Å². The molecule has 2 fully saturated rings. The van der Waals surface area contributed by atoms with Crippen LogP contribution in [-0.2, 0) is 15.0 Å². The lowest BCUT2D eigenvalue weighted by molar-refractivity contribution is -0.122. The Morgan fingerprint density at radius 2 is 1.86 bits per heavy atom. The summed E-state index contributed by atoms with van der Waals surface area (Å²) in [6.07, 6.45) is 0.538. The second-order valence-corrected chi connectivity index (χ2v) is 13.5. The van der Waals surface area contributed by atoms with Gasteiger partial charge in [0, 0.05) is 34.4 Å². The molecule has 4 atom stereocenters. The number of fused-ring (bicyclic) bond motifs is 3. The molecule has 3 aromatic rings. The van der Waals surface area contributed by atoms with Crippen molar-refractivity contribution in [1.82, 2.24) is 4.90 Å². The highest BCUT2D eigenvalue weighted by atomic mass is 35.5. The molecule has 11 heteroatoms. The van der Waals surface area contributed by atoms with Crippen molar-refractivity contribution in [3.63, 3.8) is 0 Å². The summed E-state index contributed by atoms with van der Waals surface area (Å²) in [5, 5.41) is 12.6. The molecular formula is C33H34Cl2FN3O5. The molecule has 0 aliphatic carbocycles. The lowest BCUT2D eigenvalue weighted by Crippen LogP contribution is -2.52. The molecule has 0 aromatic heterocycles. The van der Waals surface area contributed by atoms with Crippen molar-refractivity contribution >= 4 is 46.4 Å². The van der Waals surface area contributed by atoms with Crippen LogP contribution in [0.2, 0.25) is 10.0 Å². The van der Waals surface area contributed by atoms with Gasteiger partial charge >= 0.3 is 0 Å². The number of amides is 2. The standard InChI is InChI=1S/C33H34Cl2FN3O5/c1-32(2,3)16-26-33(21-10-8-18(34)14-23(21)37-31(33)42)27(20-6-5-7-22(35)28(20)36)29-30(41)38(17-39(26)29)19-9-11-24(44-13-12-40)25(15-19)43-4/h5-11,14-15,26-27,29,40H,12-13,16-17H2,1-4H3,(H,37,42)/t26-,27-,29+,33+/m0/s1. The van der Waals surface area contributed by atoms with Gasteiger partial charge in [-0.15, -0.1) is 0 Å². The maximum Gasteiger partial charge on any atom is 0.246 e. The number of aliphatic hydroxyl groups is 1. The molecule has 2 amide bonds. The van der Waals surface area contributed by atoms with Gasteiger partial charge in [-0.1, -0.05) is 62.2 Å². The number of nitrogens with zero attached hydrogens (tertiary/aromatic N) is 2. The van der Waals surface area contributed by atoms with Gasteiger partial charge in [0.1, 0.15) is 17.8 Å². The van der Waals surface area contributed by atoms with E-state index in [4.69, 9.17) is 32.7 Å². The van der Waals surface area contributed by atoms with Crippen molar-refractivity contribution in [1.29, 1.82) is 0 Å². The molecule has 0 unspecified atom stereocenters. The molecule has 3 heterocycles. The molecule has 1 spiro atoms. The van der Waals surface area contributed by atoms with Gasteiger partial charge in [0.15, 0.2) is 11.5 Å². The van der Waals surface area contributed by atoms with E-state index in [1.165, 1.54) is 13.2 Å². The van der Waals surface area contributed by atoms with Crippen LogP contribution in [0.25, 0.3) is 0 Å². The quantitative estimate of drug-likeness (QED) is 0.330. The summed E-state index contributed by atoms with van der Waals surface area (Å²) < 4.78 is 27.2. The number of nitrogens with one attached hydrogen (secondary N) is 1. The fourth-order valence-corrected chi connectivity index (χ4v) is 7.63. The van der Waals surface area contributed by atoms with Gasteiger partial charge in [-0.05, 0) is 53.3 Å². The number of aliphatic hydroxyl groups excluding tert-OH is 1. The van der Waals surface area contributed by atoms with Gasteiger partial charge in [-0.3, -0.25) is 19.4 Å². The number of hydrogen-bond donors (Lipinski definition) is 2. The number of benzene rings is 3. The summed E-state index contributed by atoms with van der Waals surface area (Å²) in [4.78, 5) is 32.7. The fraction of sp³-hybridized carbons (Fsp3) is 0.394. The van der Waals surface area contributed by atoms with E-state index >= 15 is 4.39 Å².